The number of nitrogens with zero attached hydrogens (tertiary/aromatic N) is 4. The largest absolute Gasteiger partial charge is 0.309 e. The van der Waals surface area contributed by atoms with Crippen molar-refractivity contribution in [2.45, 2.75) is 0 Å². The minimum Gasteiger partial charge on any atom is -0.309 e. The van der Waals surface area contributed by atoms with Crippen LogP contribution in [0.2, 0.25) is 0 Å². The Bertz CT molecular complexity index is 2510. The second kappa shape index (κ2) is 11.2. The number of hydrogen-bond acceptors (Lipinski definition) is 3. The van der Waals surface area contributed by atoms with Crippen LogP contribution < -0.4 is 0 Å². The lowest BCUT2D eigenvalue weighted by atomic mass is 9.99. The molecule has 0 bridgehead atoms. The summed E-state index contributed by atoms with van der Waals surface area (Å²) in [5, 5.41) is 4.93. The summed E-state index contributed by atoms with van der Waals surface area (Å²) in [4.78, 5) is 15.0. The highest BCUT2D eigenvalue weighted by atomic mass is 15.0. The van der Waals surface area contributed by atoms with Crippen molar-refractivity contribution in [2.24, 2.45) is 0 Å². The molecule has 0 spiro atoms. The lowest BCUT2D eigenvalue weighted by Crippen LogP contribution is -2.00. The highest BCUT2D eigenvalue weighted by Crippen LogP contribution is 2.33. The fraction of sp³-hybridized carbons (Fsp3) is 0. The van der Waals surface area contributed by atoms with Gasteiger partial charge < -0.3 is 4.57 Å². The van der Waals surface area contributed by atoms with E-state index in [1.54, 1.807) is 0 Å². The van der Waals surface area contributed by atoms with E-state index in [4.69, 9.17) is 15.0 Å². The van der Waals surface area contributed by atoms with Crippen molar-refractivity contribution in [3.05, 3.63) is 170 Å². The Morgan fingerprint density at radius 2 is 0.809 bits per heavy atom. The van der Waals surface area contributed by atoms with Gasteiger partial charge in [-0.25, -0.2) is 15.0 Å². The molecule has 4 heteroatoms. The van der Waals surface area contributed by atoms with Gasteiger partial charge in [0.1, 0.15) is 0 Å². The van der Waals surface area contributed by atoms with Crippen LogP contribution >= 0.6 is 0 Å². The van der Waals surface area contributed by atoms with Crippen LogP contribution in [0.4, 0.5) is 0 Å². The Morgan fingerprint density at radius 3 is 1.51 bits per heavy atom. The number of fused-ring (bicyclic) bond motifs is 4. The molecular weight excluding hydrogens is 573 g/mol. The maximum absolute atomic E-state index is 5.05. The van der Waals surface area contributed by atoms with Crippen molar-refractivity contribution >= 4 is 32.6 Å². The Balaban J connectivity index is 1.15. The van der Waals surface area contributed by atoms with Crippen LogP contribution in [0, 0.1) is 0 Å². The van der Waals surface area contributed by atoms with Gasteiger partial charge in [-0.1, -0.05) is 121 Å². The molecule has 0 saturated heterocycles. The predicted octanol–water partition coefficient (Wildman–Crippen LogP) is 10.8. The first-order valence-corrected chi connectivity index (χ1v) is 15.8. The number of benzene rings is 7. The molecule has 0 fully saturated rings. The highest BCUT2D eigenvalue weighted by molar-refractivity contribution is 6.09. The lowest BCUT2D eigenvalue weighted by molar-refractivity contribution is 1.07. The SMILES string of the molecule is c1ccc(-c2nc(-c3ccc(-n4c5ccccc5c5ccccc54)cc3)nc(-c3cccc(-c4ccc5ccccc5c4)c3)n2)cc1. The summed E-state index contributed by atoms with van der Waals surface area (Å²) in [5.74, 6) is 1.93. The molecule has 0 aliphatic rings. The average molecular weight is 601 g/mol. The minimum absolute atomic E-state index is 0.638. The first-order valence-electron chi connectivity index (χ1n) is 15.8. The van der Waals surface area contributed by atoms with Gasteiger partial charge in [-0.2, -0.15) is 0 Å². The second-order valence-corrected chi connectivity index (χ2v) is 11.7. The molecule has 0 atom stereocenters. The molecule has 0 aliphatic heterocycles. The summed E-state index contributed by atoms with van der Waals surface area (Å²) in [5.41, 5.74) is 8.55. The molecule has 9 aromatic rings. The van der Waals surface area contributed by atoms with Gasteiger partial charge in [-0.3, -0.25) is 0 Å². The molecule has 7 aromatic carbocycles. The average Bonchev–Trinajstić information content (AvgIpc) is 3.49. The molecule has 0 aliphatic carbocycles. The van der Waals surface area contributed by atoms with Crippen molar-refractivity contribution in [1.82, 2.24) is 19.5 Å². The van der Waals surface area contributed by atoms with E-state index in [1.807, 2.05) is 30.3 Å². The Hall–Kier alpha value is -6.39. The third-order valence-electron chi connectivity index (χ3n) is 8.83. The van der Waals surface area contributed by atoms with E-state index in [9.17, 15) is 0 Å². The predicted molar refractivity (Wildman–Crippen MR) is 193 cm³/mol. The van der Waals surface area contributed by atoms with Gasteiger partial charge in [0.05, 0.1) is 11.0 Å². The topological polar surface area (TPSA) is 43.6 Å². The third kappa shape index (κ3) is 4.84. The van der Waals surface area contributed by atoms with Gasteiger partial charge in [0.2, 0.25) is 0 Å². The molecule has 0 unspecified atom stereocenters. The third-order valence-corrected chi connectivity index (χ3v) is 8.83. The molecule has 4 nitrogen and oxygen atoms in total. The van der Waals surface area contributed by atoms with E-state index in [0.29, 0.717) is 17.5 Å². The summed E-state index contributed by atoms with van der Waals surface area (Å²) >= 11 is 0. The minimum atomic E-state index is 0.638. The molecule has 9 rings (SSSR count). The smallest absolute Gasteiger partial charge is 0.164 e. The second-order valence-electron chi connectivity index (χ2n) is 11.7. The summed E-state index contributed by atoms with van der Waals surface area (Å²) in [7, 11) is 0. The normalized spacial score (nSPS) is 11.4. The van der Waals surface area contributed by atoms with Crippen molar-refractivity contribution in [2.75, 3.05) is 0 Å². The van der Waals surface area contributed by atoms with Gasteiger partial charge in [0, 0.05) is 33.2 Å². The van der Waals surface area contributed by atoms with E-state index < -0.39 is 0 Å². The van der Waals surface area contributed by atoms with Gasteiger partial charge in [0.25, 0.3) is 0 Å². The molecular formula is C43H28N4. The monoisotopic (exact) mass is 600 g/mol. The fourth-order valence-electron chi connectivity index (χ4n) is 6.52. The first kappa shape index (κ1) is 27.0. The number of aromatic nitrogens is 4. The van der Waals surface area contributed by atoms with Gasteiger partial charge in [-0.15, -0.1) is 0 Å². The van der Waals surface area contributed by atoms with Gasteiger partial charge in [-0.05, 0) is 70.4 Å². The van der Waals surface area contributed by atoms with Crippen LogP contribution in [0.1, 0.15) is 0 Å². The molecule has 0 amide bonds. The zero-order valence-electron chi connectivity index (χ0n) is 25.5. The van der Waals surface area contributed by atoms with Crippen LogP contribution in [-0.4, -0.2) is 19.5 Å². The molecule has 2 aromatic heterocycles. The molecule has 0 radical (unpaired) electrons. The highest BCUT2D eigenvalue weighted by Gasteiger charge is 2.15. The van der Waals surface area contributed by atoms with Crippen LogP contribution in [-0.2, 0) is 0 Å². The molecule has 220 valence electrons. The van der Waals surface area contributed by atoms with Crippen LogP contribution in [0.15, 0.2) is 170 Å². The van der Waals surface area contributed by atoms with Crippen molar-refractivity contribution < 1.29 is 0 Å². The first-order chi connectivity index (χ1) is 23.3. The van der Waals surface area contributed by atoms with Crippen molar-refractivity contribution in [3.8, 4) is 51.0 Å². The molecule has 2 heterocycles. The van der Waals surface area contributed by atoms with Crippen LogP contribution in [0.3, 0.4) is 0 Å². The number of rotatable bonds is 5. The maximum atomic E-state index is 5.05. The Kier molecular flexibility index (Phi) is 6.43. The van der Waals surface area contributed by atoms with Gasteiger partial charge >= 0.3 is 0 Å². The van der Waals surface area contributed by atoms with Crippen LogP contribution in [0.25, 0.3) is 83.6 Å². The zero-order chi connectivity index (χ0) is 31.2. The van der Waals surface area contributed by atoms with E-state index in [2.05, 4.69) is 144 Å². The zero-order valence-corrected chi connectivity index (χ0v) is 25.5. The molecule has 47 heavy (non-hydrogen) atoms. The molecule has 0 N–H and O–H groups in total. The van der Waals surface area contributed by atoms with Crippen molar-refractivity contribution in [3.63, 3.8) is 0 Å². The fourth-order valence-corrected chi connectivity index (χ4v) is 6.52. The Labute approximate surface area is 272 Å². The number of para-hydroxylation sites is 2. The lowest BCUT2D eigenvalue weighted by Gasteiger charge is -2.11. The summed E-state index contributed by atoms with van der Waals surface area (Å²) in [6, 6.07) is 59.3. The summed E-state index contributed by atoms with van der Waals surface area (Å²) < 4.78 is 2.32. The number of hydrogen-bond donors (Lipinski definition) is 0. The van der Waals surface area contributed by atoms with E-state index in [-0.39, 0.29) is 0 Å². The summed E-state index contributed by atoms with van der Waals surface area (Å²) in [6.07, 6.45) is 0. The maximum Gasteiger partial charge on any atom is 0.164 e. The quantitative estimate of drug-likeness (QED) is 0.197. The Morgan fingerprint density at radius 1 is 0.319 bits per heavy atom. The standard InChI is InChI=1S/C43H28N4/c1-2-12-30(13-3-1)41-44-42(31-23-25-36(26-24-31)47-39-19-8-6-17-37(39)38-18-7-9-20-40(38)47)46-43(45-41)35-16-10-15-33(28-35)34-22-21-29-11-4-5-14-32(29)27-34/h1-28H. The van der Waals surface area contributed by atoms with Crippen LogP contribution in [0.5, 0.6) is 0 Å². The molecule has 0 saturated carbocycles. The van der Waals surface area contributed by atoms with E-state index in [1.165, 1.54) is 32.6 Å². The van der Waals surface area contributed by atoms with E-state index >= 15 is 0 Å². The van der Waals surface area contributed by atoms with Gasteiger partial charge in [0.15, 0.2) is 17.5 Å². The summed E-state index contributed by atoms with van der Waals surface area (Å²) in [6.45, 7) is 0. The van der Waals surface area contributed by atoms with Crippen molar-refractivity contribution in [1.29, 1.82) is 0 Å². The van der Waals surface area contributed by atoms with E-state index in [0.717, 1.165) is 33.5 Å².